The standard InChI is InChI=1S/C51H50/c1-29(2)37-25-41-42-26-38(30(3)4)40(32-20-22-36-34-16-12-14-18-44(34)50(7,8)46(36)24-32)28-48(42)51(9,10)47(41)27-39(37)31-19-21-35-33-15-11-13-17-43(33)49(5,6)45(35)23-31/h11-30H,1-10H3. The zero-order valence-corrected chi connectivity index (χ0v) is 32.0. The Labute approximate surface area is 305 Å². The summed E-state index contributed by atoms with van der Waals surface area (Å²) in [4.78, 5) is 0. The molecule has 0 fully saturated rings. The summed E-state index contributed by atoms with van der Waals surface area (Å²) in [6.45, 7) is 23.9. The van der Waals surface area contributed by atoms with Crippen LogP contribution in [0.1, 0.15) is 126 Å². The van der Waals surface area contributed by atoms with Crippen LogP contribution < -0.4 is 0 Å². The van der Waals surface area contributed by atoms with Gasteiger partial charge in [-0.25, -0.2) is 0 Å². The lowest BCUT2D eigenvalue weighted by atomic mass is 9.77. The number of rotatable bonds is 4. The van der Waals surface area contributed by atoms with Crippen LogP contribution in [0.5, 0.6) is 0 Å². The summed E-state index contributed by atoms with van der Waals surface area (Å²) in [6, 6.07) is 42.7. The third-order valence-electron chi connectivity index (χ3n) is 13.0. The number of hydrogen-bond acceptors (Lipinski definition) is 0. The summed E-state index contributed by atoms with van der Waals surface area (Å²) in [7, 11) is 0. The van der Waals surface area contributed by atoms with Gasteiger partial charge in [0.1, 0.15) is 0 Å². The van der Waals surface area contributed by atoms with Crippen molar-refractivity contribution in [3.05, 3.63) is 154 Å². The molecule has 51 heavy (non-hydrogen) atoms. The van der Waals surface area contributed by atoms with Crippen LogP contribution in [0.3, 0.4) is 0 Å². The van der Waals surface area contributed by atoms with Gasteiger partial charge in [0.2, 0.25) is 0 Å². The number of hydrogen-bond donors (Lipinski definition) is 0. The molecule has 0 bridgehead atoms. The van der Waals surface area contributed by atoms with Gasteiger partial charge in [0.15, 0.2) is 0 Å². The van der Waals surface area contributed by atoms with E-state index in [1.54, 1.807) is 0 Å². The van der Waals surface area contributed by atoms with E-state index < -0.39 is 0 Å². The highest BCUT2D eigenvalue weighted by atomic mass is 14.4. The molecule has 254 valence electrons. The summed E-state index contributed by atoms with van der Waals surface area (Å²) >= 11 is 0. The maximum atomic E-state index is 2.56. The largest absolute Gasteiger partial charge is 0.0619 e. The minimum absolute atomic E-state index is 0.0224. The molecular formula is C51H50. The Balaban J connectivity index is 1.20. The van der Waals surface area contributed by atoms with Crippen molar-refractivity contribution in [2.45, 2.75) is 97.3 Å². The summed E-state index contributed by atoms with van der Waals surface area (Å²) in [6.07, 6.45) is 0. The van der Waals surface area contributed by atoms with Crippen LogP contribution in [-0.2, 0) is 16.2 Å². The zero-order chi connectivity index (χ0) is 35.8. The minimum Gasteiger partial charge on any atom is -0.0619 e. The molecule has 0 aliphatic heterocycles. The first-order chi connectivity index (χ1) is 24.2. The summed E-state index contributed by atoms with van der Waals surface area (Å²) in [5.41, 5.74) is 25.1. The van der Waals surface area contributed by atoms with Crippen molar-refractivity contribution in [3.8, 4) is 55.6 Å². The molecule has 6 aromatic rings. The van der Waals surface area contributed by atoms with Gasteiger partial charge in [-0.05, 0) is 148 Å². The van der Waals surface area contributed by atoms with Crippen LogP contribution in [0.25, 0.3) is 55.6 Å². The van der Waals surface area contributed by atoms with E-state index in [4.69, 9.17) is 0 Å². The molecule has 0 nitrogen and oxygen atoms in total. The maximum Gasteiger partial charge on any atom is 0.0159 e. The van der Waals surface area contributed by atoms with Crippen LogP contribution in [0.4, 0.5) is 0 Å². The maximum absolute atomic E-state index is 2.56. The second-order valence-electron chi connectivity index (χ2n) is 17.8. The highest BCUT2D eigenvalue weighted by molar-refractivity contribution is 5.91. The Morgan fingerprint density at radius 1 is 0.314 bits per heavy atom. The van der Waals surface area contributed by atoms with Gasteiger partial charge in [-0.1, -0.05) is 142 Å². The Kier molecular flexibility index (Phi) is 6.75. The van der Waals surface area contributed by atoms with Crippen LogP contribution in [0, 0.1) is 0 Å². The lowest BCUT2D eigenvalue weighted by Crippen LogP contribution is -2.16. The van der Waals surface area contributed by atoms with E-state index in [0.29, 0.717) is 11.8 Å². The van der Waals surface area contributed by atoms with Crippen molar-refractivity contribution in [3.63, 3.8) is 0 Å². The van der Waals surface area contributed by atoms with Crippen molar-refractivity contribution in [1.82, 2.24) is 0 Å². The predicted octanol–water partition coefficient (Wildman–Crippen LogP) is 14.2. The highest BCUT2D eigenvalue weighted by Gasteiger charge is 2.40. The molecular weight excluding hydrogens is 613 g/mol. The number of benzene rings is 6. The van der Waals surface area contributed by atoms with E-state index in [0.717, 1.165) is 0 Å². The normalized spacial score (nSPS) is 16.5. The molecule has 0 aromatic heterocycles. The molecule has 0 heteroatoms. The van der Waals surface area contributed by atoms with Crippen molar-refractivity contribution >= 4 is 0 Å². The van der Waals surface area contributed by atoms with Gasteiger partial charge in [-0.2, -0.15) is 0 Å². The molecule has 0 spiro atoms. The van der Waals surface area contributed by atoms with Crippen molar-refractivity contribution < 1.29 is 0 Å². The van der Waals surface area contributed by atoms with E-state index in [9.17, 15) is 0 Å². The molecule has 0 unspecified atom stereocenters. The Hall–Kier alpha value is -4.68. The molecule has 0 heterocycles. The Morgan fingerprint density at radius 2 is 0.647 bits per heavy atom. The van der Waals surface area contributed by atoms with Gasteiger partial charge in [0.25, 0.3) is 0 Å². The van der Waals surface area contributed by atoms with E-state index in [2.05, 4.69) is 178 Å². The van der Waals surface area contributed by atoms with Crippen LogP contribution in [0.2, 0.25) is 0 Å². The first-order valence-electron chi connectivity index (χ1n) is 19.1. The third kappa shape index (κ3) is 4.38. The first-order valence-corrected chi connectivity index (χ1v) is 19.1. The fourth-order valence-corrected chi connectivity index (χ4v) is 10.1. The van der Waals surface area contributed by atoms with E-state index in [1.807, 2.05) is 0 Å². The quantitative estimate of drug-likeness (QED) is 0.176. The van der Waals surface area contributed by atoms with Crippen molar-refractivity contribution in [2.75, 3.05) is 0 Å². The molecule has 0 amide bonds. The second-order valence-corrected chi connectivity index (χ2v) is 17.8. The molecule has 3 aliphatic rings. The average molecular weight is 663 g/mol. The molecule has 6 aromatic carbocycles. The van der Waals surface area contributed by atoms with Gasteiger partial charge in [-0.3, -0.25) is 0 Å². The van der Waals surface area contributed by atoms with E-state index in [-0.39, 0.29) is 16.2 Å². The average Bonchev–Trinajstić information content (AvgIpc) is 3.59. The second kappa shape index (κ2) is 10.7. The lowest BCUT2D eigenvalue weighted by Gasteiger charge is -2.26. The molecule has 0 atom stereocenters. The van der Waals surface area contributed by atoms with Crippen LogP contribution >= 0.6 is 0 Å². The van der Waals surface area contributed by atoms with Gasteiger partial charge >= 0.3 is 0 Å². The smallest absolute Gasteiger partial charge is 0.0159 e. The summed E-state index contributed by atoms with van der Waals surface area (Å²) < 4.78 is 0. The van der Waals surface area contributed by atoms with E-state index in [1.165, 1.54) is 100 Å². The predicted molar refractivity (Wildman–Crippen MR) is 218 cm³/mol. The summed E-state index contributed by atoms with van der Waals surface area (Å²) in [5.74, 6) is 0.803. The van der Waals surface area contributed by atoms with E-state index >= 15 is 0 Å². The highest BCUT2D eigenvalue weighted by Crippen LogP contribution is 2.56. The fourth-order valence-electron chi connectivity index (χ4n) is 10.1. The van der Waals surface area contributed by atoms with Crippen LogP contribution in [0.15, 0.2) is 109 Å². The van der Waals surface area contributed by atoms with Crippen molar-refractivity contribution in [2.24, 2.45) is 0 Å². The Bertz CT molecular complexity index is 2270. The Morgan fingerprint density at radius 3 is 1.04 bits per heavy atom. The molecule has 3 aliphatic carbocycles. The summed E-state index contributed by atoms with van der Waals surface area (Å²) in [5, 5.41) is 0. The molecule has 0 N–H and O–H groups in total. The lowest BCUT2D eigenvalue weighted by molar-refractivity contribution is 0.658. The van der Waals surface area contributed by atoms with Gasteiger partial charge in [0, 0.05) is 16.2 Å². The first kappa shape index (κ1) is 32.2. The molecule has 0 saturated carbocycles. The molecule has 0 radical (unpaired) electrons. The van der Waals surface area contributed by atoms with Gasteiger partial charge in [0.05, 0.1) is 0 Å². The number of fused-ring (bicyclic) bond motifs is 9. The zero-order valence-electron chi connectivity index (χ0n) is 32.0. The van der Waals surface area contributed by atoms with Crippen molar-refractivity contribution in [1.29, 1.82) is 0 Å². The van der Waals surface area contributed by atoms with Crippen LogP contribution in [-0.4, -0.2) is 0 Å². The monoisotopic (exact) mass is 662 g/mol. The topological polar surface area (TPSA) is 0 Å². The van der Waals surface area contributed by atoms with Gasteiger partial charge < -0.3 is 0 Å². The third-order valence-corrected chi connectivity index (χ3v) is 13.0. The SMILES string of the molecule is CC(C)c1cc2c(cc1-c1ccc3c(c1)C(C)(C)c1ccccc1-3)C(C)(C)c1cc(-c3ccc4c(c3)C(C)(C)c3ccccc3-4)c(C(C)C)cc1-2. The molecule has 0 saturated heterocycles. The fraction of sp³-hybridized carbons (Fsp3) is 0.294. The van der Waals surface area contributed by atoms with Gasteiger partial charge in [-0.15, -0.1) is 0 Å². The minimum atomic E-state index is -0.127. The molecule has 9 rings (SSSR count).